The van der Waals surface area contributed by atoms with Crippen LogP contribution in [0.25, 0.3) is 5.57 Å². The zero-order valence-corrected chi connectivity index (χ0v) is 17.2. The van der Waals surface area contributed by atoms with Crippen LogP contribution in [0, 0.1) is 24.7 Å². The second-order valence-corrected chi connectivity index (χ2v) is 7.75. The van der Waals surface area contributed by atoms with Crippen LogP contribution in [-0.2, 0) is 0 Å². The lowest BCUT2D eigenvalue weighted by Gasteiger charge is -2.46. The third kappa shape index (κ3) is 3.87. The lowest BCUT2D eigenvalue weighted by atomic mass is 9.70. The van der Waals surface area contributed by atoms with Crippen LogP contribution < -0.4 is 0 Å². The molecule has 0 radical (unpaired) electrons. The zero-order valence-electron chi connectivity index (χ0n) is 17.2. The van der Waals surface area contributed by atoms with Crippen molar-refractivity contribution in [2.24, 2.45) is 5.92 Å². The maximum Gasteiger partial charge on any atom is 0.0460 e. The Kier molecular flexibility index (Phi) is 6.68. The molecule has 1 aromatic carbocycles. The Morgan fingerprint density at radius 2 is 1.85 bits per heavy atom. The van der Waals surface area contributed by atoms with Gasteiger partial charge in [-0.3, -0.25) is 4.90 Å². The highest BCUT2D eigenvalue weighted by atomic mass is 15.1. The predicted molar refractivity (Wildman–Crippen MR) is 115 cm³/mol. The molecule has 1 nitrogen and oxygen atoms in total. The molecule has 1 aliphatic carbocycles. The normalized spacial score (nSPS) is 23.7. The summed E-state index contributed by atoms with van der Waals surface area (Å²) in [5, 5.41) is 0. The lowest BCUT2D eigenvalue weighted by molar-refractivity contribution is 0.122. The molecule has 2 rings (SSSR count). The Bertz CT molecular complexity index is 759. The van der Waals surface area contributed by atoms with Crippen molar-refractivity contribution in [2.75, 3.05) is 14.1 Å². The van der Waals surface area contributed by atoms with Crippen LogP contribution in [0.4, 0.5) is 0 Å². The number of rotatable bonds is 5. The molecular formula is C25H33N. The van der Waals surface area contributed by atoms with E-state index in [2.05, 4.69) is 82.1 Å². The summed E-state index contributed by atoms with van der Waals surface area (Å²) in [7, 11) is 4.40. The highest BCUT2D eigenvalue weighted by molar-refractivity contribution is 5.81. The van der Waals surface area contributed by atoms with E-state index in [1.807, 2.05) is 13.0 Å². The fraction of sp³-hybridized carbons (Fsp3) is 0.440. The van der Waals surface area contributed by atoms with Crippen molar-refractivity contribution in [1.82, 2.24) is 4.90 Å². The van der Waals surface area contributed by atoms with E-state index in [0.717, 1.165) is 24.3 Å². The van der Waals surface area contributed by atoms with Gasteiger partial charge in [-0.25, -0.2) is 0 Å². The number of hydrogen-bond acceptors (Lipinski definition) is 1. The van der Waals surface area contributed by atoms with E-state index >= 15 is 0 Å². The minimum Gasteiger partial charge on any atom is -0.300 e. The van der Waals surface area contributed by atoms with E-state index in [-0.39, 0.29) is 5.54 Å². The van der Waals surface area contributed by atoms with Gasteiger partial charge in [-0.05, 0) is 93.9 Å². The van der Waals surface area contributed by atoms with Crippen molar-refractivity contribution >= 4 is 5.57 Å². The van der Waals surface area contributed by atoms with Crippen LogP contribution >= 0.6 is 0 Å². The van der Waals surface area contributed by atoms with Gasteiger partial charge in [0.2, 0.25) is 0 Å². The Labute approximate surface area is 160 Å². The molecule has 1 saturated carbocycles. The average Bonchev–Trinajstić information content (AvgIpc) is 2.62. The summed E-state index contributed by atoms with van der Waals surface area (Å²) in [6, 6.07) is 6.46. The molecule has 0 aromatic heterocycles. The highest BCUT2D eigenvalue weighted by Crippen LogP contribution is 2.44. The standard InChI is InChI=1S/C25H33N/c1-8-11-21-12-13-23(20(5)18-21)22(9-2)24(10-3)25(26(6)7)16-14-19(4)15-17-25/h9-10,12-13,18-19H,2-3,14-17H2,1,4-7H3/b24-22+. The van der Waals surface area contributed by atoms with Gasteiger partial charge in [0.1, 0.15) is 0 Å². The van der Waals surface area contributed by atoms with Crippen LogP contribution in [0.5, 0.6) is 0 Å². The zero-order chi connectivity index (χ0) is 19.3. The number of nitrogens with zero attached hydrogens (tertiary/aromatic N) is 1. The molecule has 0 heterocycles. The first kappa shape index (κ1) is 20.3. The van der Waals surface area contributed by atoms with Gasteiger partial charge in [0.05, 0.1) is 0 Å². The van der Waals surface area contributed by atoms with Crippen molar-refractivity contribution in [1.29, 1.82) is 0 Å². The molecule has 0 saturated heterocycles. The summed E-state index contributed by atoms with van der Waals surface area (Å²) >= 11 is 0. The van der Waals surface area contributed by atoms with Crippen molar-refractivity contribution in [3.63, 3.8) is 0 Å². The number of benzene rings is 1. The smallest absolute Gasteiger partial charge is 0.0460 e. The molecule has 26 heavy (non-hydrogen) atoms. The Morgan fingerprint density at radius 3 is 2.31 bits per heavy atom. The largest absolute Gasteiger partial charge is 0.300 e. The third-order valence-electron chi connectivity index (χ3n) is 5.94. The first-order valence-corrected chi connectivity index (χ1v) is 9.60. The molecule has 1 aromatic rings. The van der Waals surface area contributed by atoms with Gasteiger partial charge in [0.15, 0.2) is 0 Å². The van der Waals surface area contributed by atoms with Gasteiger partial charge in [0, 0.05) is 11.1 Å². The van der Waals surface area contributed by atoms with Crippen LogP contribution in [-0.4, -0.2) is 24.5 Å². The molecule has 0 amide bonds. The van der Waals surface area contributed by atoms with Crippen molar-refractivity contribution in [3.05, 3.63) is 65.8 Å². The van der Waals surface area contributed by atoms with Crippen LogP contribution in [0.3, 0.4) is 0 Å². The summed E-state index contributed by atoms with van der Waals surface area (Å²) in [4.78, 5) is 2.39. The van der Waals surface area contributed by atoms with Gasteiger partial charge in [0.25, 0.3) is 0 Å². The highest BCUT2D eigenvalue weighted by Gasteiger charge is 2.39. The predicted octanol–water partition coefficient (Wildman–Crippen LogP) is 6.00. The number of hydrogen-bond donors (Lipinski definition) is 0. The van der Waals surface area contributed by atoms with E-state index in [1.165, 1.54) is 35.1 Å². The minimum absolute atomic E-state index is 0.0338. The molecule has 0 unspecified atom stereocenters. The van der Waals surface area contributed by atoms with Crippen molar-refractivity contribution < 1.29 is 0 Å². The van der Waals surface area contributed by atoms with E-state index < -0.39 is 0 Å². The number of allylic oxidation sites excluding steroid dienone is 2. The van der Waals surface area contributed by atoms with Gasteiger partial charge in [-0.2, -0.15) is 0 Å². The molecule has 0 atom stereocenters. The quantitative estimate of drug-likeness (QED) is 0.466. The van der Waals surface area contributed by atoms with E-state index in [1.54, 1.807) is 0 Å². The molecule has 0 N–H and O–H groups in total. The van der Waals surface area contributed by atoms with Gasteiger partial charge in [-0.15, -0.1) is 5.92 Å². The second kappa shape index (κ2) is 8.56. The van der Waals surface area contributed by atoms with Gasteiger partial charge in [-0.1, -0.05) is 44.2 Å². The molecule has 1 aliphatic rings. The van der Waals surface area contributed by atoms with E-state index in [4.69, 9.17) is 0 Å². The molecule has 0 spiro atoms. The first-order valence-electron chi connectivity index (χ1n) is 9.60. The lowest BCUT2D eigenvalue weighted by Crippen LogP contribution is -2.48. The van der Waals surface area contributed by atoms with E-state index in [9.17, 15) is 0 Å². The maximum atomic E-state index is 4.20. The molecule has 138 valence electrons. The van der Waals surface area contributed by atoms with Crippen LogP contribution in [0.2, 0.25) is 0 Å². The fourth-order valence-electron chi connectivity index (χ4n) is 4.30. The summed E-state index contributed by atoms with van der Waals surface area (Å²) < 4.78 is 0. The van der Waals surface area contributed by atoms with Crippen LogP contribution in [0.1, 0.15) is 56.2 Å². The first-order chi connectivity index (χ1) is 12.4. The topological polar surface area (TPSA) is 3.24 Å². The molecule has 1 fully saturated rings. The fourth-order valence-corrected chi connectivity index (χ4v) is 4.30. The summed E-state index contributed by atoms with van der Waals surface area (Å²) in [6.07, 6.45) is 8.91. The number of likely N-dealkylation sites (N-methyl/N-ethyl adjacent to an activating group) is 1. The second-order valence-electron chi connectivity index (χ2n) is 7.75. The Balaban J connectivity index is 2.64. The number of aryl methyl sites for hydroxylation is 1. The molecule has 1 heteroatoms. The van der Waals surface area contributed by atoms with Gasteiger partial charge < -0.3 is 0 Å². The van der Waals surface area contributed by atoms with Crippen molar-refractivity contribution in [3.8, 4) is 11.8 Å². The SMILES string of the molecule is C=C/C(=C(/C=C)C1(N(C)C)CCC(C)CC1)c1ccc(C#CC)cc1C. The minimum atomic E-state index is 0.0338. The van der Waals surface area contributed by atoms with Gasteiger partial charge >= 0.3 is 0 Å². The average molecular weight is 348 g/mol. The maximum absolute atomic E-state index is 4.20. The van der Waals surface area contributed by atoms with E-state index in [0.29, 0.717) is 0 Å². The summed E-state index contributed by atoms with van der Waals surface area (Å²) in [5.74, 6) is 6.93. The molecule has 0 aliphatic heterocycles. The monoisotopic (exact) mass is 347 g/mol. The third-order valence-corrected chi connectivity index (χ3v) is 5.94. The Hall–Kier alpha value is -2.04. The van der Waals surface area contributed by atoms with Crippen molar-refractivity contribution in [2.45, 2.75) is 52.0 Å². The summed E-state index contributed by atoms with van der Waals surface area (Å²) in [6.45, 7) is 14.7. The molecular weight excluding hydrogens is 314 g/mol. The molecule has 0 bridgehead atoms. The Morgan fingerprint density at radius 1 is 1.19 bits per heavy atom. The summed E-state index contributed by atoms with van der Waals surface area (Å²) in [5.41, 5.74) is 6.07. The van der Waals surface area contributed by atoms with Crippen LogP contribution in [0.15, 0.2) is 49.1 Å².